The van der Waals surface area contributed by atoms with E-state index in [0.29, 0.717) is 10.6 Å². The molecule has 0 unspecified atom stereocenters. The average Bonchev–Trinajstić information content (AvgIpc) is 2.48. The molecule has 94 valence electrons. The van der Waals surface area contributed by atoms with Gasteiger partial charge in [0.25, 0.3) is 0 Å². The largest absolute Gasteiger partial charge is 0.496 e. The summed E-state index contributed by atoms with van der Waals surface area (Å²) in [5.74, 6) is 2.56. The van der Waals surface area contributed by atoms with Gasteiger partial charge in [0.2, 0.25) is 0 Å². The van der Waals surface area contributed by atoms with Crippen LogP contribution in [0.5, 0.6) is 0 Å². The predicted octanol–water partition coefficient (Wildman–Crippen LogP) is 2.62. The Kier molecular flexibility index (Phi) is 3.23. The summed E-state index contributed by atoms with van der Waals surface area (Å²) in [7, 11) is -0.476. The van der Waals surface area contributed by atoms with Crippen molar-refractivity contribution in [2.45, 2.75) is 38.9 Å². The number of halogens is 1. The molecule has 18 heavy (non-hydrogen) atoms. The Morgan fingerprint density at radius 2 is 1.72 bits per heavy atom. The van der Waals surface area contributed by atoms with E-state index in [-0.39, 0.29) is 11.2 Å². The van der Waals surface area contributed by atoms with Crippen LogP contribution in [0.15, 0.2) is 18.2 Å². The SMILES string of the molecule is C#Cc1cccc(B2OC(C)(C)C(C)(C)O2)c1Cl. The van der Waals surface area contributed by atoms with Crippen LogP contribution in [-0.2, 0) is 9.31 Å². The third-order valence-electron chi connectivity index (χ3n) is 3.69. The van der Waals surface area contributed by atoms with Crippen molar-refractivity contribution in [3.63, 3.8) is 0 Å². The number of hydrogen-bond acceptors (Lipinski definition) is 2. The van der Waals surface area contributed by atoms with E-state index >= 15 is 0 Å². The minimum atomic E-state index is -0.476. The van der Waals surface area contributed by atoms with E-state index in [0.717, 1.165) is 5.46 Å². The van der Waals surface area contributed by atoms with Gasteiger partial charge in [-0.3, -0.25) is 0 Å². The van der Waals surface area contributed by atoms with Crippen LogP contribution in [0.2, 0.25) is 5.02 Å². The summed E-state index contributed by atoms with van der Waals surface area (Å²) in [5, 5.41) is 0.526. The number of benzene rings is 1. The Morgan fingerprint density at radius 1 is 1.17 bits per heavy atom. The molecule has 0 radical (unpaired) electrons. The Hall–Kier alpha value is -0.945. The van der Waals surface area contributed by atoms with E-state index in [9.17, 15) is 0 Å². The van der Waals surface area contributed by atoms with Crippen LogP contribution < -0.4 is 5.46 Å². The van der Waals surface area contributed by atoms with Crippen molar-refractivity contribution in [3.8, 4) is 12.3 Å². The van der Waals surface area contributed by atoms with Gasteiger partial charge in [-0.15, -0.1) is 6.42 Å². The molecule has 0 atom stereocenters. The average molecular weight is 263 g/mol. The lowest BCUT2D eigenvalue weighted by molar-refractivity contribution is 0.00578. The molecule has 2 nitrogen and oxygen atoms in total. The highest BCUT2D eigenvalue weighted by Gasteiger charge is 2.52. The van der Waals surface area contributed by atoms with Crippen molar-refractivity contribution in [2.24, 2.45) is 0 Å². The molecule has 0 aliphatic carbocycles. The summed E-state index contributed by atoms with van der Waals surface area (Å²) in [5.41, 5.74) is 0.676. The summed E-state index contributed by atoms with van der Waals surface area (Å²) in [6.45, 7) is 8.02. The highest BCUT2D eigenvalue weighted by molar-refractivity contribution is 6.65. The molecule has 1 heterocycles. The summed E-state index contributed by atoms with van der Waals surface area (Å²) < 4.78 is 11.9. The summed E-state index contributed by atoms with van der Waals surface area (Å²) in [6.07, 6.45) is 5.41. The van der Waals surface area contributed by atoms with Crippen molar-refractivity contribution in [2.75, 3.05) is 0 Å². The zero-order valence-electron chi connectivity index (χ0n) is 11.1. The number of terminal acetylenes is 1. The Labute approximate surface area is 114 Å². The molecule has 1 saturated heterocycles. The maximum absolute atomic E-state index is 6.27. The molecule has 0 spiro atoms. The molecule has 2 rings (SSSR count). The van der Waals surface area contributed by atoms with Gasteiger partial charge in [0.05, 0.1) is 16.2 Å². The van der Waals surface area contributed by atoms with E-state index in [1.54, 1.807) is 6.07 Å². The molecule has 4 heteroatoms. The van der Waals surface area contributed by atoms with Crippen LogP contribution in [0, 0.1) is 12.3 Å². The summed E-state index contributed by atoms with van der Waals surface area (Å²) >= 11 is 6.27. The van der Waals surface area contributed by atoms with Gasteiger partial charge in [0.1, 0.15) is 0 Å². The fourth-order valence-electron chi connectivity index (χ4n) is 1.81. The van der Waals surface area contributed by atoms with Gasteiger partial charge in [0, 0.05) is 11.0 Å². The lowest BCUT2D eigenvalue weighted by Crippen LogP contribution is -2.41. The molecule has 1 fully saturated rings. The molecule has 0 aromatic heterocycles. The van der Waals surface area contributed by atoms with E-state index in [1.165, 1.54) is 0 Å². The molecule has 0 saturated carbocycles. The summed E-state index contributed by atoms with van der Waals surface area (Å²) in [4.78, 5) is 0. The minimum Gasteiger partial charge on any atom is -0.399 e. The predicted molar refractivity (Wildman–Crippen MR) is 75.1 cm³/mol. The number of rotatable bonds is 1. The minimum absolute atomic E-state index is 0.382. The van der Waals surface area contributed by atoms with Crippen LogP contribution in [0.25, 0.3) is 0 Å². The molecule has 1 aliphatic rings. The first-order chi connectivity index (χ1) is 8.28. The monoisotopic (exact) mass is 262 g/mol. The smallest absolute Gasteiger partial charge is 0.399 e. The fraction of sp³-hybridized carbons (Fsp3) is 0.429. The maximum atomic E-state index is 6.27. The van der Waals surface area contributed by atoms with Crippen LogP contribution in [-0.4, -0.2) is 18.3 Å². The third kappa shape index (κ3) is 2.05. The second kappa shape index (κ2) is 4.31. The highest BCUT2D eigenvalue weighted by Crippen LogP contribution is 2.37. The normalized spacial score (nSPS) is 20.8. The van der Waals surface area contributed by atoms with Crippen LogP contribution in [0.3, 0.4) is 0 Å². The Balaban J connectivity index is 2.39. The van der Waals surface area contributed by atoms with Crippen molar-refractivity contribution in [1.29, 1.82) is 0 Å². The van der Waals surface area contributed by atoms with E-state index in [2.05, 4.69) is 5.92 Å². The fourth-order valence-corrected chi connectivity index (χ4v) is 2.08. The van der Waals surface area contributed by atoms with E-state index < -0.39 is 7.12 Å². The van der Waals surface area contributed by atoms with Gasteiger partial charge in [-0.25, -0.2) is 0 Å². The van der Waals surface area contributed by atoms with Crippen molar-refractivity contribution in [3.05, 3.63) is 28.8 Å². The van der Waals surface area contributed by atoms with Crippen molar-refractivity contribution < 1.29 is 9.31 Å². The Bertz CT molecular complexity index is 501. The second-order valence-corrected chi connectivity index (χ2v) is 5.82. The topological polar surface area (TPSA) is 18.5 Å². The van der Waals surface area contributed by atoms with Gasteiger partial charge < -0.3 is 9.31 Å². The van der Waals surface area contributed by atoms with Crippen molar-refractivity contribution >= 4 is 24.2 Å². The second-order valence-electron chi connectivity index (χ2n) is 5.44. The van der Waals surface area contributed by atoms with Gasteiger partial charge in [0.15, 0.2) is 0 Å². The van der Waals surface area contributed by atoms with Crippen LogP contribution in [0.1, 0.15) is 33.3 Å². The van der Waals surface area contributed by atoms with E-state index in [4.69, 9.17) is 27.3 Å². The third-order valence-corrected chi connectivity index (χ3v) is 4.11. The molecule has 0 N–H and O–H groups in total. The molecular weight excluding hydrogens is 246 g/mol. The lowest BCUT2D eigenvalue weighted by Gasteiger charge is -2.32. The number of hydrogen-bond donors (Lipinski definition) is 0. The first-order valence-corrected chi connectivity index (χ1v) is 6.27. The first kappa shape index (κ1) is 13.5. The van der Waals surface area contributed by atoms with Gasteiger partial charge in [-0.1, -0.05) is 29.7 Å². The zero-order chi connectivity index (χ0) is 13.6. The van der Waals surface area contributed by atoms with Gasteiger partial charge >= 0.3 is 7.12 Å². The molecule has 1 aromatic carbocycles. The van der Waals surface area contributed by atoms with Crippen LogP contribution in [0.4, 0.5) is 0 Å². The lowest BCUT2D eigenvalue weighted by atomic mass is 9.78. The maximum Gasteiger partial charge on any atom is 0.496 e. The van der Waals surface area contributed by atoms with Crippen LogP contribution >= 0.6 is 11.6 Å². The summed E-state index contributed by atoms with van der Waals surface area (Å²) in [6, 6.07) is 5.55. The molecule has 0 amide bonds. The molecule has 0 bridgehead atoms. The molecular formula is C14H16BClO2. The highest BCUT2D eigenvalue weighted by atomic mass is 35.5. The standard InChI is InChI=1S/C14H16BClO2/c1-6-10-8-7-9-11(12(10)16)15-17-13(2,3)14(4,5)18-15/h1,7-9H,2-5H3. The van der Waals surface area contributed by atoms with Gasteiger partial charge in [-0.05, 0) is 33.8 Å². The zero-order valence-corrected chi connectivity index (χ0v) is 11.8. The van der Waals surface area contributed by atoms with E-state index in [1.807, 2.05) is 39.8 Å². The Morgan fingerprint density at radius 3 is 2.22 bits per heavy atom. The molecule has 1 aromatic rings. The van der Waals surface area contributed by atoms with Crippen molar-refractivity contribution in [1.82, 2.24) is 0 Å². The first-order valence-electron chi connectivity index (χ1n) is 5.89. The molecule has 1 aliphatic heterocycles. The van der Waals surface area contributed by atoms with Gasteiger partial charge in [-0.2, -0.15) is 0 Å². The quantitative estimate of drug-likeness (QED) is 0.572.